The van der Waals surface area contributed by atoms with E-state index in [4.69, 9.17) is 5.73 Å². The molecule has 0 saturated heterocycles. The molecular weight excluding hydrogens is 435 g/mol. The van der Waals surface area contributed by atoms with Gasteiger partial charge in [0.25, 0.3) is 0 Å². The predicted molar refractivity (Wildman–Crippen MR) is 106 cm³/mol. The zero-order valence-electron chi connectivity index (χ0n) is 16.4. The minimum atomic E-state index is -4.61. The van der Waals surface area contributed by atoms with Gasteiger partial charge in [-0.3, -0.25) is 9.78 Å². The number of alkyl halides is 3. The summed E-state index contributed by atoms with van der Waals surface area (Å²) in [5.74, 6) is -1.80. The maximum absolute atomic E-state index is 13.9. The Bertz CT molecular complexity index is 1120. The number of amides is 1. The number of benzene rings is 1. The van der Waals surface area contributed by atoms with Crippen molar-refractivity contribution >= 4 is 17.5 Å². The monoisotopic (exact) mass is 452 g/mol. The van der Waals surface area contributed by atoms with Gasteiger partial charge in [0.15, 0.2) is 5.82 Å². The highest BCUT2D eigenvalue weighted by Gasteiger charge is 2.31. The quantitative estimate of drug-likeness (QED) is 0.450. The molecule has 0 aliphatic heterocycles. The molecule has 0 radical (unpaired) electrons. The van der Waals surface area contributed by atoms with Gasteiger partial charge in [0.05, 0.1) is 5.56 Å². The number of carbonyl (C=O) groups excluding carboxylic acids is 1. The van der Waals surface area contributed by atoms with E-state index in [9.17, 15) is 26.7 Å². The number of aromatic nitrogens is 3. The van der Waals surface area contributed by atoms with Gasteiger partial charge >= 0.3 is 6.18 Å². The summed E-state index contributed by atoms with van der Waals surface area (Å²) >= 11 is 0. The Balaban J connectivity index is 1.91. The number of primary amides is 1. The van der Waals surface area contributed by atoms with E-state index in [0.29, 0.717) is 6.20 Å². The molecule has 2 aromatic heterocycles. The highest BCUT2D eigenvalue weighted by Crippen LogP contribution is 2.31. The number of hydrogen-bond donors (Lipinski definition) is 3. The second-order valence-corrected chi connectivity index (χ2v) is 6.65. The molecule has 0 spiro atoms. The van der Waals surface area contributed by atoms with Crippen LogP contribution in [0.2, 0.25) is 0 Å². The van der Waals surface area contributed by atoms with E-state index in [1.54, 1.807) is 0 Å². The van der Waals surface area contributed by atoms with Gasteiger partial charge in [-0.25, -0.2) is 18.7 Å². The molecule has 168 valence electrons. The van der Waals surface area contributed by atoms with E-state index >= 15 is 0 Å². The molecule has 0 unspecified atom stereocenters. The van der Waals surface area contributed by atoms with E-state index in [-0.39, 0.29) is 48.1 Å². The minimum Gasteiger partial charge on any atom is -0.370 e. The van der Waals surface area contributed by atoms with Crippen LogP contribution in [0.15, 0.2) is 42.7 Å². The first-order valence-electron chi connectivity index (χ1n) is 9.23. The van der Waals surface area contributed by atoms with Gasteiger partial charge in [0, 0.05) is 55.2 Å². The Hall–Kier alpha value is -3.83. The van der Waals surface area contributed by atoms with Crippen molar-refractivity contribution in [3.8, 4) is 11.4 Å². The molecule has 0 bridgehead atoms. The van der Waals surface area contributed by atoms with Gasteiger partial charge < -0.3 is 16.4 Å². The lowest BCUT2D eigenvalue weighted by Crippen LogP contribution is -2.16. The fourth-order valence-corrected chi connectivity index (χ4v) is 2.64. The first-order chi connectivity index (χ1) is 15.1. The average molecular weight is 452 g/mol. The molecule has 0 fully saturated rings. The lowest BCUT2D eigenvalue weighted by Gasteiger charge is -2.13. The fraction of sp³-hybridized carbons (Fsp3) is 0.200. The van der Waals surface area contributed by atoms with Crippen molar-refractivity contribution in [3.63, 3.8) is 0 Å². The molecule has 0 aliphatic rings. The molecule has 2 heterocycles. The van der Waals surface area contributed by atoms with E-state index in [1.807, 2.05) is 0 Å². The van der Waals surface area contributed by atoms with E-state index < -0.39 is 29.3 Å². The van der Waals surface area contributed by atoms with Gasteiger partial charge in [0.2, 0.25) is 5.91 Å². The van der Waals surface area contributed by atoms with E-state index in [2.05, 4.69) is 25.6 Å². The smallest absolute Gasteiger partial charge is 0.370 e. The van der Waals surface area contributed by atoms with Crippen molar-refractivity contribution in [1.29, 1.82) is 0 Å². The maximum Gasteiger partial charge on any atom is 0.417 e. The van der Waals surface area contributed by atoms with Crippen LogP contribution < -0.4 is 16.4 Å². The second-order valence-electron chi connectivity index (χ2n) is 6.65. The molecule has 0 saturated carbocycles. The number of rotatable bonds is 8. The van der Waals surface area contributed by atoms with Crippen molar-refractivity contribution < 1.29 is 26.7 Å². The first-order valence-corrected chi connectivity index (χ1v) is 9.23. The Labute approximate surface area is 178 Å². The molecule has 4 N–H and O–H groups in total. The summed E-state index contributed by atoms with van der Waals surface area (Å²) in [4.78, 5) is 22.9. The minimum absolute atomic E-state index is 0.00520. The Kier molecular flexibility index (Phi) is 6.81. The molecule has 3 aromatic rings. The van der Waals surface area contributed by atoms with Crippen LogP contribution in [0, 0.1) is 11.6 Å². The molecular formula is C20H17F5N6O. The number of pyridine rings is 1. The Morgan fingerprint density at radius 3 is 2.38 bits per heavy atom. The number of nitrogens with one attached hydrogen (secondary N) is 2. The normalized spacial score (nSPS) is 11.3. The number of halogens is 5. The number of carbonyl (C=O) groups is 1. The zero-order valence-corrected chi connectivity index (χ0v) is 16.4. The summed E-state index contributed by atoms with van der Waals surface area (Å²) in [5.41, 5.74) is 4.27. The van der Waals surface area contributed by atoms with Crippen molar-refractivity contribution in [2.75, 3.05) is 17.2 Å². The maximum atomic E-state index is 13.9. The molecule has 7 nitrogen and oxygen atoms in total. The molecule has 32 heavy (non-hydrogen) atoms. The number of nitrogens with two attached hydrogens (primary N) is 1. The number of nitrogens with zero attached hydrogens (tertiary/aromatic N) is 3. The Morgan fingerprint density at radius 1 is 1.00 bits per heavy atom. The third kappa shape index (κ3) is 6.09. The van der Waals surface area contributed by atoms with Crippen LogP contribution in [0.5, 0.6) is 0 Å². The van der Waals surface area contributed by atoms with Gasteiger partial charge in [-0.1, -0.05) is 6.07 Å². The predicted octanol–water partition coefficient (Wildman–Crippen LogP) is 3.74. The fourth-order valence-electron chi connectivity index (χ4n) is 2.64. The van der Waals surface area contributed by atoms with Gasteiger partial charge in [-0.15, -0.1) is 0 Å². The largest absolute Gasteiger partial charge is 0.417 e. The summed E-state index contributed by atoms with van der Waals surface area (Å²) in [6.07, 6.45) is -2.77. The van der Waals surface area contributed by atoms with Crippen molar-refractivity contribution in [2.45, 2.75) is 19.1 Å². The van der Waals surface area contributed by atoms with E-state index in [1.165, 1.54) is 18.3 Å². The van der Waals surface area contributed by atoms with Crippen LogP contribution in [-0.2, 0) is 17.5 Å². The summed E-state index contributed by atoms with van der Waals surface area (Å²) < 4.78 is 66.1. The van der Waals surface area contributed by atoms with Crippen LogP contribution in [0.3, 0.4) is 0 Å². The first kappa shape index (κ1) is 22.8. The average Bonchev–Trinajstić information content (AvgIpc) is 2.72. The van der Waals surface area contributed by atoms with Crippen molar-refractivity contribution in [1.82, 2.24) is 15.0 Å². The molecule has 1 aromatic carbocycles. The van der Waals surface area contributed by atoms with Gasteiger partial charge in [0.1, 0.15) is 23.3 Å². The van der Waals surface area contributed by atoms with Crippen LogP contribution >= 0.6 is 0 Å². The number of anilines is 2. The summed E-state index contributed by atoms with van der Waals surface area (Å²) in [5, 5.41) is 5.66. The van der Waals surface area contributed by atoms with Crippen molar-refractivity contribution in [2.24, 2.45) is 5.73 Å². The highest BCUT2D eigenvalue weighted by molar-refractivity contribution is 5.74. The summed E-state index contributed by atoms with van der Waals surface area (Å²) in [6.45, 7) is 0.0444. The lowest BCUT2D eigenvalue weighted by molar-refractivity contribution is -0.137. The standard InChI is InChI=1S/C20H17F5N6O/c21-14-2-1-11(15(22)6-14)9-29-18-7-17(28-4-3-16(26)32)30-19(31-18)12-5-13(10-27-8-12)20(23,24)25/h1-2,5-8,10H,3-4,9H2,(H2,26,32)(H2,28,29,30,31). The summed E-state index contributed by atoms with van der Waals surface area (Å²) in [6, 6.07) is 5.35. The SMILES string of the molecule is NC(=O)CCNc1cc(NCc2ccc(F)cc2F)nc(-c2cncc(C(F)(F)F)c2)n1. The van der Waals surface area contributed by atoms with Crippen LogP contribution in [0.25, 0.3) is 11.4 Å². The topological polar surface area (TPSA) is 106 Å². The summed E-state index contributed by atoms with van der Waals surface area (Å²) in [7, 11) is 0. The molecule has 0 atom stereocenters. The second kappa shape index (κ2) is 9.54. The molecule has 1 amide bonds. The lowest BCUT2D eigenvalue weighted by atomic mass is 10.2. The highest BCUT2D eigenvalue weighted by atomic mass is 19.4. The zero-order chi connectivity index (χ0) is 23.3. The number of hydrogen-bond acceptors (Lipinski definition) is 6. The third-order valence-corrected chi connectivity index (χ3v) is 4.20. The molecule has 3 rings (SSSR count). The van der Waals surface area contributed by atoms with Crippen LogP contribution in [0.1, 0.15) is 17.5 Å². The third-order valence-electron chi connectivity index (χ3n) is 4.20. The van der Waals surface area contributed by atoms with E-state index in [0.717, 1.165) is 18.2 Å². The molecule has 0 aliphatic carbocycles. The molecule has 12 heteroatoms. The van der Waals surface area contributed by atoms with Gasteiger partial charge in [-0.05, 0) is 12.1 Å². The Morgan fingerprint density at radius 2 is 1.72 bits per heavy atom. The van der Waals surface area contributed by atoms with Crippen LogP contribution in [-0.4, -0.2) is 27.4 Å². The van der Waals surface area contributed by atoms with Crippen LogP contribution in [0.4, 0.5) is 33.6 Å². The van der Waals surface area contributed by atoms with Crippen molar-refractivity contribution in [3.05, 3.63) is 65.5 Å². The van der Waals surface area contributed by atoms with Gasteiger partial charge in [-0.2, -0.15) is 13.2 Å².